The number of carbonyl (C=O) groups is 1. The molecule has 1 aromatic heterocycles. The molecule has 2 aromatic rings. The molecule has 0 amide bonds. The van der Waals surface area contributed by atoms with Gasteiger partial charge in [-0.3, -0.25) is 4.79 Å². The number of carboxylic acids is 1. The van der Waals surface area contributed by atoms with E-state index in [0.717, 1.165) is 5.56 Å². The summed E-state index contributed by atoms with van der Waals surface area (Å²) in [5, 5.41) is 9.94. The highest BCUT2D eigenvalue weighted by atomic mass is 16.4. The third-order valence-electron chi connectivity index (χ3n) is 3.28. The van der Waals surface area contributed by atoms with Gasteiger partial charge in [-0.25, -0.2) is 0 Å². The van der Waals surface area contributed by atoms with Gasteiger partial charge >= 0.3 is 5.97 Å². The highest BCUT2D eigenvalue weighted by Crippen LogP contribution is 2.25. The van der Waals surface area contributed by atoms with Crippen molar-refractivity contribution in [3.63, 3.8) is 0 Å². The lowest BCUT2D eigenvalue weighted by atomic mass is 10.1. The van der Waals surface area contributed by atoms with E-state index < -0.39 is 5.97 Å². The smallest absolute Gasteiger partial charge is 0.303 e. The van der Waals surface area contributed by atoms with E-state index in [-0.39, 0.29) is 6.42 Å². The zero-order valence-corrected chi connectivity index (χ0v) is 11.1. The van der Waals surface area contributed by atoms with Crippen LogP contribution in [0.4, 0.5) is 0 Å². The quantitative estimate of drug-likeness (QED) is 0.895. The number of fused-ring (bicyclic) bond motifs is 1. The molecule has 3 nitrogen and oxygen atoms in total. The first kappa shape index (κ1) is 12.7. The minimum atomic E-state index is -0.744. The number of hydrogen-bond donors (Lipinski definition) is 1. The zero-order chi connectivity index (χ0) is 13.3. The lowest BCUT2D eigenvalue weighted by Gasteiger charge is -2.09. The van der Waals surface area contributed by atoms with Crippen LogP contribution in [0.2, 0.25) is 0 Å². The van der Waals surface area contributed by atoms with Gasteiger partial charge in [-0.15, -0.1) is 0 Å². The van der Waals surface area contributed by atoms with E-state index in [9.17, 15) is 4.79 Å². The van der Waals surface area contributed by atoms with E-state index in [1.165, 1.54) is 16.5 Å². The highest BCUT2D eigenvalue weighted by molar-refractivity contribution is 5.84. The lowest BCUT2D eigenvalue weighted by Crippen LogP contribution is -1.99. The van der Waals surface area contributed by atoms with Gasteiger partial charge in [-0.05, 0) is 50.5 Å². The van der Waals surface area contributed by atoms with Gasteiger partial charge in [0.15, 0.2) is 0 Å². The van der Waals surface area contributed by atoms with Crippen molar-refractivity contribution in [3.8, 4) is 0 Å². The Kier molecular flexibility index (Phi) is 3.41. The average Bonchev–Trinajstić information content (AvgIpc) is 2.64. The Hall–Kier alpha value is -1.77. The van der Waals surface area contributed by atoms with E-state index in [1.807, 2.05) is 6.07 Å². The minimum Gasteiger partial charge on any atom is -0.481 e. The molecule has 0 unspecified atom stereocenters. The molecule has 0 aliphatic heterocycles. The molecule has 1 N–H and O–H groups in total. The lowest BCUT2D eigenvalue weighted by molar-refractivity contribution is -0.136. The molecule has 0 saturated heterocycles. The summed E-state index contributed by atoms with van der Waals surface area (Å²) in [6.45, 7) is 6.43. The van der Waals surface area contributed by atoms with Gasteiger partial charge in [0.25, 0.3) is 0 Å². The third-order valence-corrected chi connectivity index (χ3v) is 3.28. The Morgan fingerprint density at radius 2 is 2.11 bits per heavy atom. The molecule has 1 aromatic carbocycles. The summed E-state index contributed by atoms with van der Waals surface area (Å²) < 4.78 is 2.26. The Morgan fingerprint density at radius 3 is 2.72 bits per heavy atom. The van der Waals surface area contributed by atoms with Crippen molar-refractivity contribution >= 4 is 16.9 Å². The number of nitrogens with zero attached hydrogens (tertiary/aromatic N) is 1. The van der Waals surface area contributed by atoms with Gasteiger partial charge in [-0.2, -0.15) is 0 Å². The Bertz CT molecular complexity index is 581. The van der Waals surface area contributed by atoms with E-state index in [0.29, 0.717) is 12.5 Å². The molecule has 3 heteroatoms. The highest BCUT2D eigenvalue weighted by Gasteiger charge is 2.09. The van der Waals surface area contributed by atoms with E-state index in [1.54, 1.807) is 0 Å². The van der Waals surface area contributed by atoms with Crippen LogP contribution in [0.3, 0.4) is 0 Å². The number of carboxylic acid groups (broad SMARTS) is 1. The number of hydrogen-bond acceptors (Lipinski definition) is 1. The fourth-order valence-electron chi connectivity index (χ4n) is 2.31. The molecule has 0 bridgehead atoms. The Morgan fingerprint density at radius 1 is 1.39 bits per heavy atom. The first-order valence-electron chi connectivity index (χ1n) is 6.31. The monoisotopic (exact) mass is 245 g/mol. The van der Waals surface area contributed by atoms with E-state index in [4.69, 9.17) is 5.11 Å². The summed E-state index contributed by atoms with van der Waals surface area (Å²) in [7, 11) is 0. The summed E-state index contributed by atoms with van der Waals surface area (Å²) in [6.07, 6.45) is 2.95. The van der Waals surface area contributed by atoms with Crippen LogP contribution in [-0.4, -0.2) is 15.6 Å². The van der Waals surface area contributed by atoms with Gasteiger partial charge in [0, 0.05) is 29.6 Å². The maximum atomic E-state index is 10.6. The first-order chi connectivity index (χ1) is 8.49. The Balaban J connectivity index is 2.40. The maximum absolute atomic E-state index is 10.6. The van der Waals surface area contributed by atoms with Crippen LogP contribution in [0, 0.1) is 6.92 Å². The third kappa shape index (κ3) is 2.40. The van der Waals surface area contributed by atoms with Crippen LogP contribution in [0.15, 0.2) is 24.4 Å². The van der Waals surface area contributed by atoms with Crippen LogP contribution in [-0.2, 0) is 11.2 Å². The summed E-state index contributed by atoms with van der Waals surface area (Å²) in [6, 6.07) is 6.68. The first-order valence-corrected chi connectivity index (χ1v) is 6.31. The second kappa shape index (κ2) is 4.84. The predicted octanol–water partition coefficient (Wildman–Crippen LogP) is 3.55. The molecule has 0 saturated carbocycles. The SMILES string of the molecule is Cc1cn(C(C)C)c2ccc(CCC(=O)O)cc12. The topological polar surface area (TPSA) is 42.2 Å². The average molecular weight is 245 g/mol. The van der Waals surface area contributed by atoms with Crippen molar-refractivity contribution in [2.75, 3.05) is 0 Å². The van der Waals surface area contributed by atoms with Crippen LogP contribution < -0.4 is 0 Å². The number of aromatic nitrogens is 1. The molecule has 0 aliphatic carbocycles. The van der Waals surface area contributed by atoms with Gasteiger partial charge in [0.05, 0.1) is 0 Å². The molecule has 96 valence electrons. The second-order valence-corrected chi connectivity index (χ2v) is 5.06. The summed E-state index contributed by atoms with van der Waals surface area (Å²) in [5.74, 6) is -0.744. The van der Waals surface area contributed by atoms with Crippen molar-refractivity contribution in [2.45, 2.75) is 39.7 Å². The summed E-state index contributed by atoms with van der Waals surface area (Å²) in [5.41, 5.74) is 3.56. The number of aliphatic carboxylic acids is 1. The molecular formula is C15H19NO2. The van der Waals surface area contributed by atoms with Gasteiger partial charge in [0.2, 0.25) is 0 Å². The fourth-order valence-corrected chi connectivity index (χ4v) is 2.31. The van der Waals surface area contributed by atoms with Gasteiger partial charge in [-0.1, -0.05) is 6.07 Å². The van der Waals surface area contributed by atoms with Crippen molar-refractivity contribution in [1.29, 1.82) is 0 Å². The molecule has 0 atom stereocenters. The van der Waals surface area contributed by atoms with E-state index in [2.05, 4.69) is 43.7 Å². The van der Waals surface area contributed by atoms with Crippen molar-refractivity contribution in [3.05, 3.63) is 35.5 Å². The molecule has 1 heterocycles. The Labute approximate surface area is 107 Å². The largest absolute Gasteiger partial charge is 0.481 e. The summed E-state index contributed by atoms with van der Waals surface area (Å²) >= 11 is 0. The number of aryl methyl sites for hydroxylation is 2. The van der Waals surface area contributed by atoms with Crippen molar-refractivity contribution in [2.24, 2.45) is 0 Å². The molecular weight excluding hydrogens is 226 g/mol. The molecule has 18 heavy (non-hydrogen) atoms. The van der Waals surface area contributed by atoms with Crippen molar-refractivity contribution in [1.82, 2.24) is 4.57 Å². The maximum Gasteiger partial charge on any atom is 0.303 e. The second-order valence-electron chi connectivity index (χ2n) is 5.06. The summed E-state index contributed by atoms with van der Waals surface area (Å²) in [4.78, 5) is 10.6. The van der Waals surface area contributed by atoms with Crippen molar-refractivity contribution < 1.29 is 9.90 Å². The van der Waals surface area contributed by atoms with Crippen LogP contribution >= 0.6 is 0 Å². The van der Waals surface area contributed by atoms with Crippen LogP contribution in [0.1, 0.15) is 37.4 Å². The molecule has 2 rings (SSSR count). The van der Waals surface area contributed by atoms with Gasteiger partial charge in [0.1, 0.15) is 0 Å². The zero-order valence-electron chi connectivity index (χ0n) is 11.1. The number of rotatable bonds is 4. The van der Waals surface area contributed by atoms with Crippen LogP contribution in [0.5, 0.6) is 0 Å². The normalized spacial score (nSPS) is 11.3. The molecule has 0 radical (unpaired) electrons. The van der Waals surface area contributed by atoms with Gasteiger partial charge < -0.3 is 9.67 Å². The molecule has 0 fully saturated rings. The standard InChI is InChI=1S/C15H19NO2/c1-10(2)16-9-11(3)13-8-12(4-6-14(13)16)5-7-15(17)18/h4,6,8-10H,5,7H2,1-3H3,(H,17,18). The molecule has 0 aliphatic rings. The molecule has 0 spiro atoms. The number of benzene rings is 1. The van der Waals surface area contributed by atoms with E-state index >= 15 is 0 Å². The van der Waals surface area contributed by atoms with Crippen LogP contribution in [0.25, 0.3) is 10.9 Å². The fraction of sp³-hybridized carbons (Fsp3) is 0.400. The predicted molar refractivity (Wildman–Crippen MR) is 73.0 cm³/mol. The minimum absolute atomic E-state index is 0.190.